The van der Waals surface area contributed by atoms with E-state index in [0.29, 0.717) is 5.56 Å². The van der Waals surface area contributed by atoms with Crippen molar-refractivity contribution in [2.75, 3.05) is 6.61 Å². The number of pyridine rings is 1. The maximum atomic E-state index is 11.6. The smallest absolute Gasteiger partial charge is 0.341 e. The number of H-pyrrole nitrogens is 1. The predicted octanol–water partition coefficient (Wildman–Crippen LogP) is 2.61. The number of fused-ring (bicyclic) bond motifs is 1. The van der Waals surface area contributed by atoms with Gasteiger partial charge in [-0.1, -0.05) is 0 Å². The van der Waals surface area contributed by atoms with E-state index in [2.05, 4.69) is 9.72 Å². The van der Waals surface area contributed by atoms with Crippen molar-refractivity contribution >= 4 is 34.6 Å². The molecule has 2 N–H and O–H groups in total. The van der Waals surface area contributed by atoms with Crippen molar-refractivity contribution in [3.63, 3.8) is 0 Å². The van der Waals surface area contributed by atoms with Gasteiger partial charge in [0.05, 0.1) is 16.1 Å². The Hall–Kier alpha value is -1.86. The van der Waals surface area contributed by atoms with Crippen molar-refractivity contribution in [1.29, 1.82) is 0 Å². The number of aromatic amines is 1. The van der Waals surface area contributed by atoms with Crippen molar-refractivity contribution < 1.29 is 19.4 Å². The standard InChI is InChI=1S/C11H9NO4S2/c13-10(14)5-16-11(15)7-3-9-8(12-4-7)6-17-1-2-18-9/h1-4,6,12H,5H2,(H,13,14). The summed E-state index contributed by atoms with van der Waals surface area (Å²) in [6.07, 6.45) is 1.51. The number of nitrogens with one attached hydrogen (secondary N) is 1. The van der Waals surface area contributed by atoms with Crippen LogP contribution in [-0.4, -0.2) is 28.6 Å². The van der Waals surface area contributed by atoms with E-state index in [1.54, 1.807) is 6.07 Å². The summed E-state index contributed by atoms with van der Waals surface area (Å²) in [6, 6.07) is 1.67. The molecule has 2 heterocycles. The van der Waals surface area contributed by atoms with E-state index < -0.39 is 18.5 Å². The van der Waals surface area contributed by atoms with Gasteiger partial charge in [-0.05, 0) is 6.07 Å². The van der Waals surface area contributed by atoms with Crippen molar-refractivity contribution in [1.82, 2.24) is 4.98 Å². The van der Waals surface area contributed by atoms with E-state index in [1.807, 2.05) is 16.1 Å². The summed E-state index contributed by atoms with van der Waals surface area (Å²) in [6.45, 7) is -0.634. The van der Waals surface area contributed by atoms with Crippen LogP contribution in [0.3, 0.4) is 0 Å². The summed E-state index contributed by atoms with van der Waals surface area (Å²) >= 11 is 3.01. The molecule has 18 heavy (non-hydrogen) atoms. The molecule has 2 aliphatic heterocycles. The largest absolute Gasteiger partial charge is 0.479 e. The molecule has 0 aromatic carbocycles. The molecule has 5 nitrogen and oxygen atoms in total. The number of hydrogen-bond donors (Lipinski definition) is 2. The molecule has 7 heteroatoms. The van der Waals surface area contributed by atoms with Crippen LogP contribution in [0.5, 0.6) is 0 Å². The fourth-order valence-corrected chi connectivity index (χ4v) is 2.80. The van der Waals surface area contributed by atoms with Crippen LogP contribution in [0.4, 0.5) is 0 Å². The minimum Gasteiger partial charge on any atom is -0.479 e. The number of carboxylic acids is 1. The molecule has 0 bridgehead atoms. The Morgan fingerprint density at radius 2 is 2.22 bits per heavy atom. The van der Waals surface area contributed by atoms with E-state index in [1.165, 1.54) is 28.9 Å². The predicted molar refractivity (Wildman–Crippen MR) is 68.7 cm³/mol. The average molecular weight is 283 g/mol. The van der Waals surface area contributed by atoms with Crippen LogP contribution >= 0.6 is 22.7 Å². The highest BCUT2D eigenvalue weighted by atomic mass is 32.1. The molecule has 0 fully saturated rings. The Balaban J connectivity index is 2.28. The van der Waals surface area contributed by atoms with Crippen LogP contribution < -0.4 is 0 Å². The number of rotatable bonds is 3. The molecule has 0 unspecified atom stereocenters. The fourth-order valence-electron chi connectivity index (χ4n) is 1.25. The fraction of sp³-hybridized carbons (Fsp3) is 0.0909. The second-order valence-corrected chi connectivity index (χ2v) is 5.01. The third-order valence-electron chi connectivity index (χ3n) is 2.01. The Bertz CT molecular complexity index is 582. The Morgan fingerprint density at radius 3 is 3.00 bits per heavy atom. The molecule has 0 aliphatic carbocycles. The van der Waals surface area contributed by atoms with Gasteiger partial charge in [-0.15, -0.1) is 22.7 Å². The highest BCUT2D eigenvalue weighted by molar-refractivity contribution is 7.16. The van der Waals surface area contributed by atoms with Gasteiger partial charge in [0.2, 0.25) is 0 Å². The minimum absolute atomic E-state index is 0.302. The lowest BCUT2D eigenvalue weighted by molar-refractivity contribution is -0.140. The van der Waals surface area contributed by atoms with Gasteiger partial charge in [0, 0.05) is 22.3 Å². The van der Waals surface area contributed by atoms with Crippen LogP contribution in [0, 0.1) is 0 Å². The van der Waals surface area contributed by atoms with Gasteiger partial charge in [0.15, 0.2) is 6.61 Å². The Kier molecular flexibility index (Phi) is 3.96. The van der Waals surface area contributed by atoms with E-state index >= 15 is 0 Å². The molecule has 0 amide bonds. The quantitative estimate of drug-likeness (QED) is 0.849. The lowest BCUT2D eigenvalue weighted by Crippen LogP contribution is -2.13. The first-order valence-electron chi connectivity index (χ1n) is 4.92. The van der Waals surface area contributed by atoms with Gasteiger partial charge >= 0.3 is 11.9 Å². The number of carbonyl (C=O) groups is 2. The summed E-state index contributed by atoms with van der Waals surface area (Å²) < 4.78 is 4.61. The van der Waals surface area contributed by atoms with Crippen molar-refractivity contribution in [3.05, 3.63) is 34.0 Å². The summed E-state index contributed by atoms with van der Waals surface area (Å²) in [4.78, 5) is 25.8. The SMILES string of the molecule is O=C(O)COC(=O)c1c[nH]c2csccsc-2c1. The molecule has 0 radical (unpaired) electrons. The Morgan fingerprint density at radius 1 is 1.39 bits per heavy atom. The molecule has 2 rings (SSSR count). The summed E-state index contributed by atoms with van der Waals surface area (Å²) in [5.41, 5.74) is 1.21. The third kappa shape index (κ3) is 3.08. The molecular weight excluding hydrogens is 274 g/mol. The number of esters is 1. The molecule has 0 atom stereocenters. The summed E-state index contributed by atoms with van der Waals surface area (Å²) in [5.74, 6) is -1.83. The molecular formula is C11H9NO4S2. The van der Waals surface area contributed by atoms with Crippen LogP contribution in [0.2, 0.25) is 0 Å². The molecule has 0 aromatic heterocycles. The molecule has 0 saturated heterocycles. The summed E-state index contributed by atoms with van der Waals surface area (Å²) in [5, 5.41) is 14.2. The molecule has 2 aliphatic rings. The van der Waals surface area contributed by atoms with E-state index in [9.17, 15) is 9.59 Å². The number of ether oxygens (including phenoxy) is 1. The first-order valence-corrected chi connectivity index (χ1v) is 6.74. The van der Waals surface area contributed by atoms with Gasteiger partial charge in [-0.3, -0.25) is 0 Å². The molecule has 0 aromatic rings. The summed E-state index contributed by atoms with van der Waals surface area (Å²) in [7, 11) is 0. The third-order valence-corrected chi connectivity index (χ3v) is 3.71. The maximum Gasteiger partial charge on any atom is 0.341 e. The van der Waals surface area contributed by atoms with Crippen LogP contribution in [0.15, 0.2) is 28.4 Å². The normalized spacial score (nSPS) is 10.0. The molecule has 94 valence electrons. The van der Waals surface area contributed by atoms with Gasteiger partial charge in [-0.25, -0.2) is 9.59 Å². The van der Waals surface area contributed by atoms with Gasteiger partial charge in [0.25, 0.3) is 0 Å². The molecule has 0 spiro atoms. The Labute approximate surface area is 110 Å². The first kappa shape index (κ1) is 12.6. The highest BCUT2D eigenvalue weighted by Gasteiger charge is 2.12. The number of aromatic nitrogens is 1. The van der Waals surface area contributed by atoms with Gasteiger partial charge in [0.1, 0.15) is 0 Å². The van der Waals surface area contributed by atoms with E-state index in [-0.39, 0.29) is 0 Å². The lowest BCUT2D eigenvalue weighted by Gasteiger charge is -2.05. The van der Waals surface area contributed by atoms with Crippen LogP contribution in [-0.2, 0) is 9.53 Å². The lowest BCUT2D eigenvalue weighted by atomic mass is 10.2. The van der Waals surface area contributed by atoms with Crippen LogP contribution in [0.1, 0.15) is 10.4 Å². The maximum absolute atomic E-state index is 11.6. The second kappa shape index (κ2) is 5.65. The van der Waals surface area contributed by atoms with Crippen LogP contribution in [0.25, 0.3) is 10.6 Å². The topological polar surface area (TPSA) is 79.4 Å². The zero-order valence-corrected chi connectivity index (χ0v) is 10.7. The number of aliphatic carboxylic acids is 1. The zero-order valence-electron chi connectivity index (χ0n) is 9.08. The average Bonchev–Trinajstić information content (AvgIpc) is 2.60. The van der Waals surface area contributed by atoms with E-state index in [0.717, 1.165) is 10.6 Å². The minimum atomic E-state index is -1.18. The first-order chi connectivity index (χ1) is 8.66. The van der Waals surface area contributed by atoms with Gasteiger partial charge < -0.3 is 14.8 Å². The highest BCUT2D eigenvalue weighted by Crippen LogP contribution is 2.24. The van der Waals surface area contributed by atoms with Gasteiger partial charge in [-0.2, -0.15) is 0 Å². The molecule has 0 saturated carbocycles. The number of carbonyl (C=O) groups excluding carboxylic acids is 1. The van der Waals surface area contributed by atoms with Crippen molar-refractivity contribution in [2.24, 2.45) is 0 Å². The monoisotopic (exact) mass is 283 g/mol. The van der Waals surface area contributed by atoms with Crippen molar-refractivity contribution in [2.45, 2.75) is 0 Å². The van der Waals surface area contributed by atoms with Crippen molar-refractivity contribution in [3.8, 4) is 10.6 Å². The number of hydrogen-bond acceptors (Lipinski definition) is 5. The zero-order chi connectivity index (χ0) is 13.0. The second-order valence-electron chi connectivity index (χ2n) is 3.28. The number of carboxylic acid groups (broad SMARTS) is 1. The van der Waals surface area contributed by atoms with E-state index in [4.69, 9.17) is 5.11 Å².